The van der Waals surface area contributed by atoms with Crippen molar-refractivity contribution in [1.82, 2.24) is 10.3 Å². The summed E-state index contributed by atoms with van der Waals surface area (Å²) in [6, 6.07) is 7.60. The van der Waals surface area contributed by atoms with Crippen molar-refractivity contribution < 1.29 is 4.79 Å². The first kappa shape index (κ1) is 13.7. The molecule has 0 saturated carbocycles. The average Bonchev–Trinajstić information content (AvgIpc) is 2.90. The summed E-state index contributed by atoms with van der Waals surface area (Å²) in [6.07, 6.45) is 1.77. The Labute approximate surface area is 117 Å². The molecular weight excluding hydrogens is 256 g/mol. The van der Waals surface area contributed by atoms with Crippen molar-refractivity contribution in [3.63, 3.8) is 0 Å². The average molecular weight is 274 g/mol. The number of pyridine rings is 1. The summed E-state index contributed by atoms with van der Waals surface area (Å²) in [7, 11) is 0. The van der Waals surface area contributed by atoms with Crippen LogP contribution in [0.25, 0.3) is 0 Å². The molecule has 1 atom stereocenters. The molecule has 1 amide bonds. The Hall–Kier alpha value is -1.68. The van der Waals surface area contributed by atoms with Crippen molar-refractivity contribution in [3.05, 3.63) is 52.0 Å². The minimum Gasteiger partial charge on any atom is -0.343 e. The van der Waals surface area contributed by atoms with Gasteiger partial charge in [0.25, 0.3) is 5.91 Å². The van der Waals surface area contributed by atoms with Crippen LogP contribution in [-0.4, -0.2) is 10.9 Å². The van der Waals surface area contributed by atoms with Gasteiger partial charge < -0.3 is 5.32 Å². The van der Waals surface area contributed by atoms with Crippen LogP contribution in [0.5, 0.6) is 0 Å². The molecule has 0 aliphatic rings. The molecule has 3 nitrogen and oxygen atoms in total. The summed E-state index contributed by atoms with van der Waals surface area (Å²) < 4.78 is 0. The minimum absolute atomic E-state index is 0.0289. The first-order valence-electron chi connectivity index (χ1n) is 6.35. The number of aryl methyl sites for hydroxylation is 1. The predicted octanol–water partition coefficient (Wildman–Crippen LogP) is 3.58. The van der Waals surface area contributed by atoms with Crippen LogP contribution in [0.1, 0.15) is 40.8 Å². The topological polar surface area (TPSA) is 42.0 Å². The highest BCUT2D eigenvalue weighted by Crippen LogP contribution is 2.23. The Bertz CT molecular complexity index is 549. The van der Waals surface area contributed by atoms with Crippen molar-refractivity contribution >= 4 is 17.2 Å². The zero-order chi connectivity index (χ0) is 13.8. The van der Waals surface area contributed by atoms with E-state index < -0.39 is 0 Å². The van der Waals surface area contributed by atoms with E-state index >= 15 is 0 Å². The van der Waals surface area contributed by atoms with Gasteiger partial charge in [0, 0.05) is 6.20 Å². The van der Waals surface area contributed by atoms with E-state index in [0.717, 1.165) is 16.1 Å². The third-order valence-corrected chi connectivity index (χ3v) is 3.91. The van der Waals surface area contributed by atoms with Crippen molar-refractivity contribution in [3.8, 4) is 0 Å². The zero-order valence-electron chi connectivity index (χ0n) is 11.4. The number of hydrogen-bond donors (Lipinski definition) is 1. The fourth-order valence-corrected chi connectivity index (χ4v) is 2.62. The lowest BCUT2D eigenvalue weighted by Gasteiger charge is -2.23. The van der Waals surface area contributed by atoms with E-state index in [9.17, 15) is 4.79 Å². The van der Waals surface area contributed by atoms with Gasteiger partial charge in [-0.15, -0.1) is 11.3 Å². The van der Waals surface area contributed by atoms with Crippen molar-refractivity contribution in [2.24, 2.45) is 5.92 Å². The second-order valence-electron chi connectivity index (χ2n) is 4.88. The minimum atomic E-state index is -0.0594. The van der Waals surface area contributed by atoms with Gasteiger partial charge in [-0.2, -0.15) is 0 Å². The Morgan fingerprint density at radius 1 is 1.32 bits per heavy atom. The quantitative estimate of drug-likeness (QED) is 0.926. The number of thiophene rings is 1. The number of nitrogens with one attached hydrogen (secondary N) is 1. The van der Waals surface area contributed by atoms with Crippen LogP contribution in [0.15, 0.2) is 35.8 Å². The molecule has 0 aromatic carbocycles. The lowest BCUT2D eigenvalue weighted by atomic mass is 9.97. The molecule has 1 N–H and O–H groups in total. The number of nitrogens with zero attached hydrogens (tertiary/aromatic N) is 1. The number of rotatable bonds is 4. The molecule has 0 fully saturated rings. The van der Waals surface area contributed by atoms with E-state index in [-0.39, 0.29) is 17.9 Å². The molecule has 1 unspecified atom stereocenters. The largest absolute Gasteiger partial charge is 0.343 e. The number of aromatic nitrogens is 1. The number of carbonyl (C=O) groups is 1. The van der Waals surface area contributed by atoms with Crippen LogP contribution < -0.4 is 5.32 Å². The highest BCUT2D eigenvalue weighted by molar-refractivity contribution is 7.12. The van der Waals surface area contributed by atoms with E-state index in [1.807, 2.05) is 36.6 Å². The van der Waals surface area contributed by atoms with Crippen LogP contribution in [0, 0.1) is 12.8 Å². The molecule has 0 radical (unpaired) electrons. The Kier molecular flexibility index (Phi) is 4.32. The zero-order valence-corrected chi connectivity index (χ0v) is 12.2. The smallest absolute Gasteiger partial charge is 0.261 e. The van der Waals surface area contributed by atoms with Crippen LogP contribution in [0.2, 0.25) is 0 Å². The SMILES string of the molecule is Cc1cccnc1C(NC(=O)c1cccs1)C(C)C. The van der Waals surface area contributed by atoms with Crippen LogP contribution >= 0.6 is 11.3 Å². The summed E-state index contributed by atoms with van der Waals surface area (Å²) in [6.45, 7) is 6.20. The lowest BCUT2D eigenvalue weighted by molar-refractivity contribution is 0.0928. The highest BCUT2D eigenvalue weighted by Gasteiger charge is 2.22. The monoisotopic (exact) mass is 274 g/mol. The summed E-state index contributed by atoms with van der Waals surface area (Å²) >= 11 is 1.45. The molecule has 2 rings (SSSR count). The van der Waals surface area contributed by atoms with Gasteiger partial charge in [-0.1, -0.05) is 26.0 Å². The molecule has 0 aliphatic carbocycles. The third-order valence-electron chi connectivity index (χ3n) is 3.04. The molecular formula is C15H18N2OS. The van der Waals surface area contributed by atoms with Gasteiger partial charge >= 0.3 is 0 Å². The van der Waals surface area contributed by atoms with Gasteiger partial charge in [-0.05, 0) is 35.9 Å². The fraction of sp³-hybridized carbons (Fsp3) is 0.333. The maximum atomic E-state index is 12.2. The van der Waals surface area contributed by atoms with E-state index in [2.05, 4.69) is 24.1 Å². The summed E-state index contributed by atoms with van der Waals surface area (Å²) in [5.74, 6) is 0.260. The van der Waals surface area contributed by atoms with Gasteiger partial charge in [0.15, 0.2) is 0 Å². The first-order chi connectivity index (χ1) is 9.09. The molecule has 0 aliphatic heterocycles. The molecule has 4 heteroatoms. The number of hydrogen-bond acceptors (Lipinski definition) is 3. The first-order valence-corrected chi connectivity index (χ1v) is 7.23. The van der Waals surface area contributed by atoms with Gasteiger partial charge in [0.05, 0.1) is 16.6 Å². The summed E-state index contributed by atoms with van der Waals surface area (Å²) in [5, 5.41) is 4.99. The van der Waals surface area contributed by atoms with Crippen LogP contribution in [0.3, 0.4) is 0 Å². The third kappa shape index (κ3) is 3.20. The normalized spacial score (nSPS) is 12.4. The van der Waals surface area contributed by atoms with E-state index in [1.54, 1.807) is 6.20 Å². The van der Waals surface area contributed by atoms with Gasteiger partial charge in [0.2, 0.25) is 0 Å². The molecule has 0 bridgehead atoms. The van der Waals surface area contributed by atoms with Crippen LogP contribution in [0.4, 0.5) is 0 Å². The van der Waals surface area contributed by atoms with E-state index in [0.29, 0.717) is 0 Å². The summed E-state index contributed by atoms with van der Waals surface area (Å²) in [4.78, 5) is 17.3. The Morgan fingerprint density at radius 3 is 2.68 bits per heavy atom. The maximum absolute atomic E-state index is 12.2. The molecule has 100 valence electrons. The fourth-order valence-electron chi connectivity index (χ4n) is 1.99. The van der Waals surface area contributed by atoms with Crippen LogP contribution in [-0.2, 0) is 0 Å². The standard InChI is InChI=1S/C15H18N2OS/c1-10(2)13(14-11(3)6-4-8-16-14)17-15(18)12-7-5-9-19-12/h4-10,13H,1-3H3,(H,17,18). The summed E-state index contributed by atoms with van der Waals surface area (Å²) in [5.41, 5.74) is 2.05. The number of amides is 1. The van der Waals surface area contributed by atoms with Crippen molar-refractivity contribution in [2.75, 3.05) is 0 Å². The molecule has 2 aromatic rings. The Morgan fingerprint density at radius 2 is 2.11 bits per heavy atom. The highest BCUT2D eigenvalue weighted by atomic mass is 32.1. The predicted molar refractivity (Wildman–Crippen MR) is 78.3 cm³/mol. The second kappa shape index (κ2) is 5.97. The maximum Gasteiger partial charge on any atom is 0.261 e. The molecule has 0 spiro atoms. The molecule has 19 heavy (non-hydrogen) atoms. The molecule has 0 saturated heterocycles. The van der Waals surface area contributed by atoms with Gasteiger partial charge in [-0.25, -0.2) is 0 Å². The molecule has 2 heterocycles. The lowest BCUT2D eigenvalue weighted by Crippen LogP contribution is -2.32. The Balaban J connectivity index is 2.23. The number of carbonyl (C=O) groups excluding carboxylic acids is 1. The van der Waals surface area contributed by atoms with Crippen molar-refractivity contribution in [1.29, 1.82) is 0 Å². The van der Waals surface area contributed by atoms with E-state index in [4.69, 9.17) is 0 Å². The molecule has 2 aromatic heterocycles. The van der Waals surface area contributed by atoms with E-state index in [1.165, 1.54) is 11.3 Å². The second-order valence-corrected chi connectivity index (χ2v) is 5.83. The van der Waals surface area contributed by atoms with Crippen molar-refractivity contribution in [2.45, 2.75) is 26.8 Å². The van der Waals surface area contributed by atoms with Gasteiger partial charge in [0.1, 0.15) is 0 Å². The van der Waals surface area contributed by atoms with Gasteiger partial charge in [-0.3, -0.25) is 9.78 Å².